The van der Waals surface area contributed by atoms with Crippen molar-refractivity contribution >= 4 is 22.7 Å². The van der Waals surface area contributed by atoms with Gasteiger partial charge in [0.15, 0.2) is 0 Å². The third-order valence-corrected chi connectivity index (χ3v) is 6.23. The molecule has 0 unspecified atom stereocenters. The summed E-state index contributed by atoms with van der Waals surface area (Å²) < 4.78 is 5.20. The predicted molar refractivity (Wildman–Crippen MR) is 119 cm³/mol. The third-order valence-electron chi connectivity index (χ3n) is 5.29. The summed E-state index contributed by atoms with van der Waals surface area (Å²) in [6.07, 6.45) is 0. The highest BCUT2D eigenvalue weighted by Gasteiger charge is 2.24. The van der Waals surface area contributed by atoms with Gasteiger partial charge in [0.05, 0.1) is 29.4 Å². The lowest BCUT2D eigenvalue weighted by molar-refractivity contribution is -0.384. The van der Waals surface area contributed by atoms with Crippen LogP contribution in [0.25, 0.3) is 10.6 Å². The molecule has 0 N–H and O–H groups in total. The Bertz CT molecular complexity index is 1110. The number of aromatic nitrogens is 1. The van der Waals surface area contributed by atoms with Crippen LogP contribution in [0.5, 0.6) is 5.75 Å². The van der Waals surface area contributed by atoms with Gasteiger partial charge < -0.3 is 9.64 Å². The molecule has 0 atom stereocenters. The van der Waals surface area contributed by atoms with E-state index in [-0.39, 0.29) is 5.69 Å². The number of nitrogens with zero attached hydrogens (tertiary/aromatic N) is 5. The average molecular weight is 436 g/mol. The highest BCUT2D eigenvalue weighted by Crippen LogP contribution is 2.30. The van der Waals surface area contributed by atoms with Gasteiger partial charge in [-0.2, -0.15) is 5.26 Å². The number of anilines is 1. The van der Waals surface area contributed by atoms with Crippen molar-refractivity contribution in [2.45, 2.75) is 6.54 Å². The standard InChI is InChI=1S/C22H21N5O3S/c1-30-19-5-3-17(4-6-19)22-24-18(15-31-22)14-25-8-10-26(11-9-25)21-12-16(13-23)2-7-20(21)27(28)29/h2-7,12,15H,8-11,14H2,1H3. The van der Waals surface area contributed by atoms with E-state index in [0.717, 1.165) is 41.6 Å². The lowest BCUT2D eigenvalue weighted by Crippen LogP contribution is -2.46. The van der Waals surface area contributed by atoms with Gasteiger partial charge in [0.2, 0.25) is 0 Å². The molecule has 0 amide bonds. The molecule has 0 bridgehead atoms. The summed E-state index contributed by atoms with van der Waals surface area (Å²) in [5.41, 5.74) is 3.06. The van der Waals surface area contributed by atoms with Crippen LogP contribution >= 0.6 is 11.3 Å². The summed E-state index contributed by atoms with van der Waals surface area (Å²) in [6, 6.07) is 14.4. The molecule has 0 spiro atoms. The highest BCUT2D eigenvalue weighted by atomic mass is 32.1. The van der Waals surface area contributed by atoms with E-state index in [1.165, 1.54) is 12.1 Å². The van der Waals surface area contributed by atoms with Crippen LogP contribution in [-0.4, -0.2) is 48.1 Å². The van der Waals surface area contributed by atoms with Crippen molar-refractivity contribution in [1.82, 2.24) is 9.88 Å². The minimum atomic E-state index is -0.390. The number of piperazine rings is 1. The maximum atomic E-state index is 11.4. The molecule has 9 heteroatoms. The normalized spacial score (nSPS) is 14.3. The van der Waals surface area contributed by atoms with E-state index in [1.807, 2.05) is 29.2 Å². The van der Waals surface area contributed by atoms with E-state index in [4.69, 9.17) is 15.0 Å². The largest absolute Gasteiger partial charge is 0.497 e. The molecular weight excluding hydrogens is 414 g/mol. The van der Waals surface area contributed by atoms with Crippen molar-refractivity contribution in [1.29, 1.82) is 5.26 Å². The number of rotatable bonds is 6. The second-order valence-corrected chi connectivity index (χ2v) is 8.07. The Hall–Kier alpha value is -3.48. The zero-order chi connectivity index (χ0) is 21.8. The van der Waals surface area contributed by atoms with E-state index < -0.39 is 4.92 Å². The quantitative estimate of drug-likeness (QED) is 0.428. The first-order valence-corrected chi connectivity index (χ1v) is 10.7. The Morgan fingerprint density at radius 2 is 1.94 bits per heavy atom. The smallest absolute Gasteiger partial charge is 0.292 e. The van der Waals surface area contributed by atoms with E-state index in [0.29, 0.717) is 24.3 Å². The van der Waals surface area contributed by atoms with E-state index in [1.54, 1.807) is 24.5 Å². The first-order valence-electron chi connectivity index (χ1n) is 9.82. The second kappa shape index (κ2) is 9.12. The Morgan fingerprint density at radius 3 is 2.58 bits per heavy atom. The van der Waals surface area contributed by atoms with Gasteiger partial charge in [-0.05, 0) is 36.4 Å². The molecule has 3 aromatic rings. The number of hydrogen-bond acceptors (Lipinski definition) is 8. The summed E-state index contributed by atoms with van der Waals surface area (Å²) in [4.78, 5) is 20.1. The molecule has 2 heterocycles. The first kappa shape index (κ1) is 20.8. The van der Waals surface area contributed by atoms with E-state index >= 15 is 0 Å². The molecule has 2 aromatic carbocycles. The van der Waals surface area contributed by atoms with Gasteiger partial charge in [-0.3, -0.25) is 15.0 Å². The van der Waals surface area contributed by atoms with Crippen LogP contribution in [0, 0.1) is 21.4 Å². The van der Waals surface area contributed by atoms with Gasteiger partial charge in [0.1, 0.15) is 16.4 Å². The molecule has 1 saturated heterocycles. The van der Waals surface area contributed by atoms with Gasteiger partial charge in [0, 0.05) is 49.7 Å². The van der Waals surface area contributed by atoms with Crippen molar-refractivity contribution in [3.05, 3.63) is 69.2 Å². The summed E-state index contributed by atoms with van der Waals surface area (Å²) in [6.45, 7) is 3.59. The Labute approximate surface area is 184 Å². The second-order valence-electron chi connectivity index (χ2n) is 7.21. The topological polar surface area (TPSA) is 95.5 Å². The molecule has 1 aromatic heterocycles. The van der Waals surface area contributed by atoms with Gasteiger partial charge in [0.25, 0.3) is 5.69 Å². The lowest BCUT2D eigenvalue weighted by Gasteiger charge is -2.35. The molecule has 0 aliphatic carbocycles. The van der Waals surface area contributed by atoms with E-state index in [2.05, 4.69) is 16.3 Å². The van der Waals surface area contributed by atoms with Crippen LogP contribution in [-0.2, 0) is 6.54 Å². The molecule has 8 nitrogen and oxygen atoms in total. The van der Waals surface area contributed by atoms with Crippen LogP contribution in [0.4, 0.5) is 11.4 Å². The van der Waals surface area contributed by atoms with Crippen LogP contribution in [0.2, 0.25) is 0 Å². The maximum Gasteiger partial charge on any atom is 0.292 e. The van der Waals surface area contributed by atoms with Crippen LogP contribution in [0.3, 0.4) is 0 Å². The number of ether oxygens (including phenoxy) is 1. The van der Waals surface area contributed by atoms with Crippen molar-refractivity contribution < 1.29 is 9.66 Å². The minimum Gasteiger partial charge on any atom is -0.497 e. The Balaban J connectivity index is 1.40. The molecule has 31 heavy (non-hydrogen) atoms. The zero-order valence-corrected chi connectivity index (χ0v) is 17.8. The zero-order valence-electron chi connectivity index (χ0n) is 17.0. The average Bonchev–Trinajstić information content (AvgIpc) is 3.27. The molecule has 0 saturated carbocycles. The van der Waals surface area contributed by atoms with E-state index in [9.17, 15) is 10.1 Å². The van der Waals surface area contributed by atoms with Gasteiger partial charge in [-0.15, -0.1) is 11.3 Å². The number of nitro groups is 1. The highest BCUT2D eigenvalue weighted by molar-refractivity contribution is 7.13. The third kappa shape index (κ3) is 4.66. The summed E-state index contributed by atoms with van der Waals surface area (Å²) in [5.74, 6) is 0.818. The van der Waals surface area contributed by atoms with Crippen molar-refractivity contribution in [2.24, 2.45) is 0 Å². The summed E-state index contributed by atoms with van der Waals surface area (Å²) in [7, 11) is 1.65. The fourth-order valence-electron chi connectivity index (χ4n) is 3.62. The number of nitriles is 1. The fourth-order valence-corrected chi connectivity index (χ4v) is 4.44. The number of benzene rings is 2. The van der Waals surface area contributed by atoms with Crippen molar-refractivity contribution in [2.75, 3.05) is 38.2 Å². The molecule has 0 radical (unpaired) electrons. The van der Waals surface area contributed by atoms with Gasteiger partial charge in [-0.1, -0.05) is 0 Å². The fraction of sp³-hybridized carbons (Fsp3) is 0.273. The van der Waals surface area contributed by atoms with Crippen LogP contribution < -0.4 is 9.64 Å². The maximum absolute atomic E-state index is 11.4. The SMILES string of the molecule is COc1ccc(-c2nc(CN3CCN(c4cc(C#N)ccc4[N+](=O)[O-])CC3)cs2)cc1. The Morgan fingerprint density at radius 1 is 1.19 bits per heavy atom. The number of thiazole rings is 1. The molecular formula is C22H21N5O3S. The van der Waals surface area contributed by atoms with Gasteiger partial charge in [-0.25, -0.2) is 4.98 Å². The number of hydrogen-bond donors (Lipinski definition) is 0. The molecule has 1 fully saturated rings. The monoisotopic (exact) mass is 435 g/mol. The number of nitro benzene ring substituents is 1. The van der Waals surface area contributed by atoms with Crippen LogP contribution in [0.15, 0.2) is 47.8 Å². The minimum absolute atomic E-state index is 0.0380. The van der Waals surface area contributed by atoms with Crippen molar-refractivity contribution in [3.63, 3.8) is 0 Å². The molecule has 1 aliphatic heterocycles. The molecule has 1 aliphatic rings. The summed E-state index contributed by atoms with van der Waals surface area (Å²) >= 11 is 1.62. The number of methoxy groups -OCH3 is 1. The Kier molecular flexibility index (Phi) is 6.11. The lowest BCUT2D eigenvalue weighted by atomic mass is 10.1. The van der Waals surface area contributed by atoms with Crippen LogP contribution in [0.1, 0.15) is 11.3 Å². The first-order chi connectivity index (χ1) is 15.1. The molecule has 158 valence electrons. The van der Waals surface area contributed by atoms with Crippen molar-refractivity contribution in [3.8, 4) is 22.4 Å². The van der Waals surface area contributed by atoms with Gasteiger partial charge >= 0.3 is 0 Å². The predicted octanol–water partition coefficient (Wildman–Crippen LogP) is 3.92. The summed E-state index contributed by atoms with van der Waals surface area (Å²) in [5, 5.41) is 23.6. The molecule has 4 rings (SSSR count).